The second-order valence-corrected chi connectivity index (χ2v) is 4.77. The largest absolute Gasteiger partial charge is 0.294 e. The van der Waals surface area contributed by atoms with E-state index in [-0.39, 0.29) is 0 Å². The molecule has 1 aliphatic heterocycles. The molecule has 0 bridgehead atoms. The van der Waals surface area contributed by atoms with Crippen molar-refractivity contribution in [2.24, 2.45) is 5.92 Å². The number of unbranched alkanes of at least 4 members (excludes halogenated alkanes) is 3. The highest BCUT2D eigenvalue weighted by atomic mass is 15.3. The van der Waals surface area contributed by atoms with Crippen LogP contribution in [0.2, 0.25) is 0 Å². The van der Waals surface area contributed by atoms with E-state index in [1.807, 2.05) is 0 Å². The Morgan fingerprint density at radius 1 is 1.15 bits per heavy atom. The van der Waals surface area contributed by atoms with Crippen LogP contribution in [0, 0.1) is 5.92 Å². The van der Waals surface area contributed by atoms with E-state index in [4.69, 9.17) is 0 Å². The molecule has 1 heteroatoms. The van der Waals surface area contributed by atoms with E-state index in [0.29, 0.717) is 0 Å². The van der Waals surface area contributed by atoms with E-state index in [1.165, 1.54) is 32.2 Å². The topological polar surface area (TPSA) is 3.01 Å². The van der Waals surface area contributed by atoms with Crippen LogP contribution in [0.15, 0.2) is 0 Å². The second-order valence-electron chi connectivity index (χ2n) is 4.77. The van der Waals surface area contributed by atoms with Crippen LogP contribution >= 0.6 is 0 Å². The van der Waals surface area contributed by atoms with Crippen molar-refractivity contribution < 1.29 is 0 Å². The molecule has 1 saturated heterocycles. The summed E-state index contributed by atoms with van der Waals surface area (Å²) in [7, 11) is 0. The molecule has 0 radical (unpaired) electrons. The third-order valence-corrected chi connectivity index (χ3v) is 3.26. The Morgan fingerprint density at radius 2 is 1.85 bits per heavy atom. The van der Waals surface area contributed by atoms with E-state index in [2.05, 4.69) is 32.6 Å². The molecule has 0 N–H and O–H groups in total. The Labute approximate surface area is 83.5 Å². The quantitative estimate of drug-likeness (QED) is 0.451. The van der Waals surface area contributed by atoms with Crippen LogP contribution in [0.4, 0.5) is 0 Å². The molecule has 0 aliphatic carbocycles. The van der Waals surface area contributed by atoms with Crippen LogP contribution in [-0.4, -0.2) is 23.5 Å². The normalized spacial score (nSPS) is 32.5. The lowest BCUT2D eigenvalue weighted by Gasteiger charge is -2.05. The summed E-state index contributed by atoms with van der Waals surface area (Å²) in [5.74, 6) is 0.848. The van der Waals surface area contributed by atoms with Gasteiger partial charge in [-0.3, -0.25) is 4.90 Å². The van der Waals surface area contributed by atoms with Gasteiger partial charge in [-0.15, -0.1) is 0 Å². The van der Waals surface area contributed by atoms with Crippen molar-refractivity contribution in [3.63, 3.8) is 0 Å². The maximum atomic E-state index is 2.65. The summed E-state index contributed by atoms with van der Waals surface area (Å²) in [4.78, 5) is 2.65. The van der Waals surface area contributed by atoms with Crippen molar-refractivity contribution in [2.75, 3.05) is 6.54 Å². The molecule has 1 rings (SSSR count). The summed E-state index contributed by atoms with van der Waals surface area (Å²) in [5.41, 5.74) is 0. The van der Waals surface area contributed by atoms with Gasteiger partial charge in [-0.1, -0.05) is 40.0 Å². The average molecular weight is 183 g/mol. The fourth-order valence-corrected chi connectivity index (χ4v) is 2.45. The van der Waals surface area contributed by atoms with Crippen molar-refractivity contribution in [1.82, 2.24) is 4.90 Å². The molecule has 0 aromatic rings. The maximum absolute atomic E-state index is 2.65. The van der Waals surface area contributed by atoms with Gasteiger partial charge in [0.1, 0.15) is 0 Å². The zero-order valence-electron chi connectivity index (χ0n) is 9.71. The van der Waals surface area contributed by atoms with Gasteiger partial charge in [0.15, 0.2) is 0 Å². The molecule has 1 heterocycles. The molecule has 3 atom stereocenters. The Kier molecular flexibility index (Phi) is 4.24. The molecule has 0 spiro atoms. The summed E-state index contributed by atoms with van der Waals surface area (Å²) in [6.07, 6.45) is 5.59. The highest BCUT2D eigenvalue weighted by molar-refractivity contribution is 5.00. The molecular formula is C12H25N. The lowest BCUT2D eigenvalue weighted by molar-refractivity contribution is 0.419. The van der Waals surface area contributed by atoms with E-state index < -0.39 is 0 Å². The fraction of sp³-hybridized carbons (Fsp3) is 1.00. The number of hydrogen-bond acceptors (Lipinski definition) is 1. The predicted molar refractivity (Wildman–Crippen MR) is 58.9 cm³/mol. The van der Waals surface area contributed by atoms with E-state index in [0.717, 1.165) is 18.0 Å². The van der Waals surface area contributed by atoms with Gasteiger partial charge in [0, 0.05) is 12.1 Å². The minimum atomic E-state index is 0.848. The molecule has 13 heavy (non-hydrogen) atoms. The Morgan fingerprint density at radius 3 is 2.31 bits per heavy atom. The summed E-state index contributed by atoms with van der Waals surface area (Å²) >= 11 is 0. The first-order valence-electron chi connectivity index (χ1n) is 5.94. The van der Waals surface area contributed by atoms with Crippen LogP contribution in [0.25, 0.3) is 0 Å². The molecule has 0 saturated carbocycles. The van der Waals surface area contributed by atoms with Gasteiger partial charge in [-0.25, -0.2) is 0 Å². The van der Waals surface area contributed by atoms with Gasteiger partial charge in [0.2, 0.25) is 0 Å². The number of hydrogen-bond donors (Lipinski definition) is 0. The Bertz CT molecular complexity index is 142. The SMILES string of the molecule is CCCCCCN1C(C)C1C(C)C. The lowest BCUT2D eigenvalue weighted by atomic mass is 10.1. The smallest absolute Gasteiger partial charge is 0.0275 e. The zero-order chi connectivity index (χ0) is 9.84. The standard InChI is InChI=1S/C12H25N/c1-5-6-7-8-9-13-11(4)12(13)10(2)3/h10-12H,5-9H2,1-4H3. The lowest BCUT2D eigenvalue weighted by Crippen LogP contribution is -2.08. The second kappa shape index (κ2) is 4.99. The molecule has 1 nitrogen and oxygen atoms in total. The summed E-state index contributed by atoms with van der Waals surface area (Å²) < 4.78 is 0. The Hall–Kier alpha value is -0.0400. The van der Waals surface area contributed by atoms with Crippen molar-refractivity contribution >= 4 is 0 Å². The zero-order valence-corrected chi connectivity index (χ0v) is 9.71. The molecule has 0 aromatic carbocycles. The predicted octanol–water partition coefficient (Wildman–Crippen LogP) is 3.30. The number of rotatable bonds is 6. The van der Waals surface area contributed by atoms with Gasteiger partial charge in [-0.2, -0.15) is 0 Å². The number of nitrogens with zero attached hydrogens (tertiary/aromatic N) is 1. The monoisotopic (exact) mass is 183 g/mol. The molecule has 78 valence electrons. The molecule has 0 amide bonds. The minimum absolute atomic E-state index is 0.848. The van der Waals surface area contributed by atoms with Crippen LogP contribution in [-0.2, 0) is 0 Å². The van der Waals surface area contributed by atoms with Gasteiger partial charge in [0.25, 0.3) is 0 Å². The molecule has 1 fully saturated rings. The summed E-state index contributed by atoms with van der Waals surface area (Å²) in [6.45, 7) is 10.7. The van der Waals surface area contributed by atoms with Gasteiger partial charge < -0.3 is 0 Å². The molecular weight excluding hydrogens is 158 g/mol. The van der Waals surface area contributed by atoms with Gasteiger partial charge in [0.05, 0.1) is 0 Å². The van der Waals surface area contributed by atoms with Crippen LogP contribution in [0.3, 0.4) is 0 Å². The minimum Gasteiger partial charge on any atom is -0.294 e. The summed E-state index contributed by atoms with van der Waals surface area (Å²) in [6, 6.07) is 1.75. The third kappa shape index (κ3) is 2.98. The van der Waals surface area contributed by atoms with Crippen molar-refractivity contribution in [2.45, 2.75) is 65.5 Å². The Balaban J connectivity index is 2.04. The first kappa shape index (κ1) is 11.0. The van der Waals surface area contributed by atoms with Crippen LogP contribution in [0.1, 0.15) is 53.4 Å². The molecule has 3 unspecified atom stereocenters. The highest BCUT2D eigenvalue weighted by Gasteiger charge is 2.44. The molecule has 0 aromatic heterocycles. The average Bonchev–Trinajstić information content (AvgIpc) is 2.71. The van der Waals surface area contributed by atoms with Crippen molar-refractivity contribution in [1.29, 1.82) is 0 Å². The van der Waals surface area contributed by atoms with Crippen molar-refractivity contribution in [3.05, 3.63) is 0 Å². The highest BCUT2D eigenvalue weighted by Crippen LogP contribution is 2.33. The van der Waals surface area contributed by atoms with E-state index >= 15 is 0 Å². The fourth-order valence-electron chi connectivity index (χ4n) is 2.45. The van der Waals surface area contributed by atoms with E-state index in [1.54, 1.807) is 0 Å². The van der Waals surface area contributed by atoms with Crippen LogP contribution < -0.4 is 0 Å². The van der Waals surface area contributed by atoms with Crippen LogP contribution in [0.5, 0.6) is 0 Å². The van der Waals surface area contributed by atoms with Crippen molar-refractivity contribution in [3.8, 4) is 0 Å². The molecule has 1 aliphatic rings. The first-order valence-corrected chi connectivity index (χ1v) is 5.94. The third-order valence-electron chi connectivity index (χ3n) is 3.26. The first-order chi connectivity index (χ1) is 6.18. The summed E-state index contributed by atoms with van der Waals surface area (Å²) in [5, 5.41) is 0. The van der Waals surface area contributed by atoms with E-state index in [9.17, 15) is 0 Å². The maximum Gasteiger partial charge on any atom is 0.0275 e. The van der Waals surface area contributed by atoms with Gasteiger partial charge >= 0.3 is 0 Å². The van der Waals surface area contributed by atoms with Gasteiger partial charge in [-0.05, 0) is 25.8 Å².